The normalized spacial score (nSPS) is 13.3. The van der Waals surface area contributed by atoms with Crippen LogP contribution in [0, 0.1) is 0 Å². The number of amides is 1. The van der Waals surface area contributed by atoms with Crippen molar-refractivity contribution in [2.24, 2.45) is 0 Å². The van der Waals surface area contributed by atoms with Gasteiger partial charge in [0, 0.05) is 20.3 Å². The molecule has 2 heterocycles. The minimum absolute atomic E-state index is 0.0288. The smallest absolute Gasteiger partial charge is 0.261 e. The van der Waals surface area contributed by atoms with Crippen molar-refractivity contribution >= 4 is 27.9 Å². The van der Waals surface area contributed by atoms with Crippen molar-refractivity contribution in [3.05, 3.63) is 41.3 Å². The maximum atomic E-state index is 12.2. The summed E-state index contributed by atoms with van der Waals surface area (Å²) >= 11 is 1.50. The highest BCUT2D eigenvalue weighted by Crippen LogP contribution is 2.39. The van der Waals surface area contributed by atoms with Crippen LogP contribution in [0.15, 0.2) is 36.4 Å². The number of hydrogen-bond donors (Lipinski definition) is 1. The van der Waals surface area contributed by atoms with Gasteiger partial charge in [0.15, 0.2) is 0 Å². The van der Waals surface area contributed by atoms with E-state index in [4.69, 9.17) is 9.47 Å². The maximum absolute atomic E-state index is 12.2. The van der Waals surface area contributed by atoms with Crippen LogP contribution in [0.1, 0.15) is 16.1 Å². The molecule has 0 bridgehead atoms. The Hall–Kier alpha value is -2.05. The predicted octanol–water partition coefficient (Wildman–Crippen LogP) is 3.04. The minimum atomic E-state index is -0.0288. The molecule has 1 aromatic heterocycles. The van der Waals surface area contributed by atoms with Crippen LogP contribution in [0.5, 0.6) is 5.75 Å². The van der Waals surface area contributed by atoms with Gasteiger partial charge < -0.3 is 19.7 Å². The Balaban J connectivity index is 1.69. The molecule has 2 aromatic rings. The van der Waals surface area contributed by atoms with Crippen molar-refractivity contribution in [3.63, 3.8) is 0 Å². The Morgan fingerprint density at radius 3 is 3.09 bits per heavy atom. The first kappa shape index (κ1) is 15.8. The molecule has 0 aliphatic carbocycles. The molecule has 1 aromatic carbocycles. The summed E-state index contributed by atoms with van der Waals surface area (Å²) in [6.07, 6.45) is 0.817. The van der Waals surface area contributed by atoms with Crippen LogP contribution in [-0.4, -0.2) is 39.3 Å². The van der Waals surface area contributed by atoms with E-state index in [0.29, 0.717) is 19.8 Å². The number of rotatable bonds is 6. The lowest BCUT2D eigenvalue weighted by Crippen LogP contribution is -2.27. The van der Waals surface area contributed by atoms with E-state index in [2.05, 4.69) is 10.2 Å². The zero-order valence-corrected chi connectivity index (χ0v) is 13.9. The van der Waals surface area contributed by atoms with Crippen molar-refractivity contribution in [2.75, 3.05) is 38.3 Å². The maximum Gasteiger partial charge on any atom is 0.261 e. The number of methoxy groups -OCH3 is 1. The van der Waals surface area contributed by atoms with Crippen LogP contribution in [-0.2, 0) is 4.74 Å². The molecule has 3 rings (SSSR count). The van der Waals surface area contributed by atoms with E-state index in [0.717, 1.165) is 34.3 Å². The number of anilines is 2. The van der Waals surface area contributed by atoms with Gasteiger partial charge in [-0.25, -0.2) is 0 Å². The molecular weight excluding hydrogens is 312 g/mol. The van der Waals surface area contributed by atoms with Crippen LogP contribution in [0.25, 0.3) is 0 Å². The fourth-order valence-electron chi connectivity index (χ4n) is 2.50. The summed E-state index contributed by atoms with van der Waals surface area (Å²) in [4.78, 5) is 15.1. The number of fused-ring (bicyclic) bond motifs is 1. The second kappa shape index (κ2) is 7.48. The third-order valence-electron chi connectivity index (χ3n) is 3.62. The zero-order chi connectivity index (χ0) is 16.1. The van der Waals surface area contributed by atoms with Gasteiger partial charge in [-0.3, -0.25) is 4.79 Å². The van der Waals surface area contributed by atoms with Gasteiger partial charge in [0.25, 0.3) is 5.91 Å². The van der Waals surface area contributed by atoms with Gasteiger partial charge >= 0.3 is 0 Å². The van der Waals surface area contributed by atoms with E-state index in [-0.39, 0.29) is 5.91 Å². The second-order valence-electron chi connectivity index (χ2n) is 5.21. The highest BCUT2D eigenvalue weighted by molar-refractivity contribution is 7.18. The van der Waals surface area contributed by atoms with E-state index < -0.39 is 0 Å². The summed E-state index contributed by atoms with van der Waals surface area (Å²) in [5, 5.41) is 3.98. The van der Waals surface area contributed by atoms with Crippen LogP contribution < -0.4 is 15.0 Å². The van der Waals surface area contributed by atoms with Gasteiger partial charge in [-0.1, -0.05) is 12.1 Å². The Kier molecular flexibility index (Phi) is 5.15. The largest absolute Gasteiger partial charge is 0.490 e. The summed E-state index contributed by atoms with van der Waals surface area (Å²) in [5.41, 5.74) is 1.05. The molecule has 1 amide bonds. The Labute approximate surface area is 139 Å². The van der Waals surface area contributed by atoms with Crippen molar-refractivity contribution in [2.45, 2.75) is 6.42 Å². The molecular formula is C17H20N2O3S. The Morgan fingerprint density at radius 2 is 2.22 bits per heavy atom. The molecule has 1 N–H and O–H groups in total. The van der Waals surface area contributed by atoms with E-state index in [1.165, 1.54) is 11.3 Å². The summed E-state index contributed by atoms with van der Waals surface area (Å²) < 4.78 is 10.7. The molecule has 5 nitrogen and oxygen atoms in total. The van der Waals surface area contributed by atoms with Crippen LogP contribution in [0.3, 0.4) is 0 Å². The number of benzene rings is 1. The predicted molar refractivity (Wildman–Crippen MR) is 92.1 cm³/mol. The molecule has 1 aliphatic rings. The summed E-state index contributed by atoms with van der Waals surface area (Å²) in [6, 6.07) is 11.9. The standard InChI is InChI=1S/C17H20N2O3S/c1-21-11-4-9-18-17(20)15-7-8-16(23-15)19-10-12-22-14-6-3-2-5-13(14)19/h2-3,5-8H,4,9-12H2,1H3,(H,18,20). The fraction of sp³-hybridized carbons (Fsp3) is 0.353. The van der Waals surface area contributed by atoms with Gasteiger partial charge in [-0.15, -0.1) is 11.3 Å². The fourth-order valence-corrected chi connectivity index (χ4v) is 3.46. The van der Waals surface area contributed by atoms with E-state index >= 15 is 0 Å². The summed E-state index contributed by atoms with van der Waals surface area (Å²) in [5.74, 6) is 0.858. The topological polar surface area (TPSA) is 50.8 Å². The highest BCUT2D eigenvalue weighted by atomic mass is 32.1. The highest BCUT2D eigenvalue weighted by Gasteiger charge is 2.21. The Bertz CT molecular complexity index is 671. The van der Waals surface area contributed by atoms with E-state index in [9.17, 15) is 4.79 Å². The number of carbonyl (C=O) groups is 1. The number of para-hydroxylation sites is 2. The molecule has 0 unspecified atom stereocenters. The third-order valence-corrected chi connectivity index (χ3v) is 4.73. The average Bonchev–Trinajstić information content (AvgIpc) is 3.08. The minimum Gasteiger partial charge on any atom is -0.490 e. The number of hydrogen-bond acceptors (Lipinski definition) is 5. The molecule has 0 fully saturated rings. The SMILES string of the molecule is COCCCNC(=O)c1ccc(N2CCOc3ccccc32)s1. The van der Waals surface area contributed by atoms with Crippen molar-refractivity contribution in [3.8, 4) is 5.75 Å². The molecule has 0 saturated heterocycles. The third kappa shape index (κ3) is 3.65. The summed E-state index contributed by atoms with van der Waals surface area (Å²) in [7, 11) is 1.66. The van der Waals surface area contributed by atoms with Gasteiger partial charge in [0.1, 0.15) is 12.4 Å². The summed E-state index contributed by atoms with van der Waals surface area (Å²) in [6.45, 7) is 2.71. The van der Waals surface area contributed by atoms with Crippen LogP contribution >= 0.6 is 11.3 Å². The number of nitrogens with one attached hydrogen (secondary N) is 1. The van der Waals surface area contributed by atoms with Crippen molar-refractivity contribution in [1.82, 2.24) is 5.32 Å². The molecule has 1 aliphatic heterocycles. The molecule has 6 heteroatoms. The molecule has 0 spiro atoms. The van der Waals surface area contributed by atoms with Crippen LogP contribution in [0.2, 0.25) is 0 Å². The van der Waals surface area contributed by atoms with Crippen molar-refractivity contribution < 1.29 is 14.3 Å². The Morgan fingerprint density at radius 1 is 1.35 bits per heavy atom. The molecule has 0 atom stereocenters. The average molecular weight is 332 g/mol. The zero-order valence-electron chi connectivity index (χ0n) is 13.1. The number of thiophene rings is 1. The van der Waals surface area contributed by atoms with Crippen molar-refractivity contribution in [1.29, 1.82) is 0 Å². The van der Waals surface area contributed by atoms with E-state index in [1.54, 1.807) is 7.11 Å². The first-order valence-corrected chi connectivity index (χ1v) is 8.47. The van der Waals surface area contributed by atoms with Gasteiger partial charge in [0.05, 0.1) is 22.1 Å². The first-order chi connectivity index (χ1) is 11.3. The number of nitrogens with zero attached hydrogens (tertiary/aromatic N) is 1. The lowest BCUT2D eigenvalue weighted by atomic mass is 10.2. The molecule has 0 radical (unpaired) electrons. The second-order valence-corrected chi connectivity index (χ2v) is 6.27. The number of carbonyl (C=O) groups excluding carboxylic acids is 1. The lowest BCUT2D eigenvalue weighted by Gasteiger charge is -2.29. The van der Waals surface area contributed by atoms with E-state index in [1.807, 2.05) is 36.4 Å². The van der Waals surface area contributed by atoms with Gasteiger partial charge in [0.2, 0.25) is 0 Å². The van der Waals surface area contributed by atoms with Gasteiger partial charge in [-0.05, 0) is 30.7 Å². The monoisotopic (exact) mass is 332 g/mol. The molecule has 0 saturated carbocycles. The molecule has 122 valence electrons. The first-order valence-electron chi connectivity index (χ1n) is 7.66. The van der Waals surface area contributed by atoms with Gasteiger partial charge in [-0.2, -0.15) is 0 Å². The molecule has 23 heavy (non-hydrogen) atoms. The quantitative estimate of drug-likeness (QED) is 0.826. The lowest BCUT2D eigenvalue weighted by molar-refractivity contribution is 0.0952. The number of ether oxygens (including phenoxy) is 2. The van der Waals surface area contributed by atoms with Crippen LogP contribution in [0.4, 0.5) is 10.7 Å².